The summed E-state index contributed by atoms with van der Waals surface area (Å²) in [7, 11) is 0. The number of thioether (sulfide) groups is 1. The summed E-state index contributed by atoms with van der Waals surface area (Å²) in [6, 6.07) is 13.7. The number of carbonyl (C=O) groups is 1. The second-order valence-electron chi connectivity index (χ2n) is 5.27. The first-order chi connectivity index (χ1) is 12.0. The Hall–Kier alpha value is -2.25. The summed E-state index contributed by atoms with van der Waals surface area (Å²) in [5.74, 6) is -0.274. The number of para-hydroxylation sites is 1. The van der Waals surface area contributed by atoms with E-state index in [0.717, 1.165) is 17.3 Å². The van der Waals surface area contributed by atoms with Crippen LogP contribution in [0.15, 0.2) is 53.4 Å². The van der Waals surface area contributed by atoms with Crippen molar-refractivity contribution in [1.82, 2.24) is 0 Å². The molecule has 0 bridgehead atoms. The molecule has 0 spiro atoms. The highest BCUT2D eigenvalue weighted by molar-refractivity contribution is 8.27. The summed E-state index contributed by atoms with van der Waals surface area (Å²) < 4.78 is 29.9. The largest absolute Gasteiger partial charge is 0.434 e. The summed E-state index contributed by atoms with van der Waals surface area (Å²) in [6.07, 6.45) is 1.52. The van der Waals surface area contributed by atoms with Crippen LogP contribution in [0.5, 0.6) is 5.75 Å². The molecule has 0 aromatic heterocycles. The van der Waals surface area contributed by atoms with E-state index in [1.54, 1.807) is 18.2 Å². The minimum Gasteiger partial charge on any atom is -0.434 e. The lowest BCUT2D eigenvalue weighted by molar-refractivity contribution is -0.113. The molecule has 1 aliphatic rings. The molecular formula is C18H13F2NO2S2. The third-order valence-electron chi connectivity index (χ3n) is 3.51. The lowest BCUT2D eigenvalue weighted by Gasteiger charge is -2.14. The van der Waals surface area contributed by atoms with Gasteiger partial charge >= 0.3 is 6.61 Å². The molecule has 3 nitrogen and oxygen atoms in total. The molecule has 25 heavy (non-hydrogen) atoms. The van der Waals surface area contributed by atoms with Gasteiger partial charge in [-0.15, -0.1) is 0 Å². The number of anilines is 1. The third kappa shape index (κ3) is 3.88. The maximum atomic E-state index is 12.7. The molecule has 0 atom stereocenters. The highest BCUT2D eigenvalue weighted by atomic mass is 32.2. The van der Waals surface area contributed by atoms with Crippen molar-refractivity contribution in [3.8, 4) is 5.75 Å². The van der Waals surface area contributed by atoms with Crippen molar-refractivity contribution in [3.05, 3.63) is 64.6 Å². The van der Waals surface area contributed by atoms with Crippen LogP contribution in [0.3, 0.4) is 0 Å². The molecule has 1 saturated heterocycles. The first kappa shape index (κ1) is 17.6. The van der Waals surface area contributed by atoms with E-state index >= 15 is 0 Å². The van der Waals surface area contributed by atoms with Gasteiger partial charge < -0.3 is 4.74 Å². The van der Waals surface area contributed by atoms with Crippen molar-refractivity contribution >= 4 is 46.0 Å². The molecule has 1 aliphatic heterocycles. The van der Waals surface area contributed by atoms with Crippen molar-refractivity contribution < 1.29 is 18.3 Å². The molecule has 1 amide bonds. The zero-order chi connectivity index (χ0) is 18.0. The number of rotatable bonds is 4. The number of nitrogens with zero attached hydrogens (tertiary/aromatic N) is 1. The zero-order valence-corrected chi connectivity index (χ0v) is 14.7. The van der Waals surface area contributed by atoms with Crippen LogP contribution in [0.4, 0.5) is 14.5 Å². The zero-order valence-electron chi connectivity index (χ0n) is 13.1. The quantitative estimate of drug-likeness (QED) is 0.554. The van der Waals surface area contributed by atoms with Gasteiger partial charge in [-0.2, -0.15) is 8.78 Å². The highest BCUT2D eigenvalue weighted by Crippen LogP contribution is 2.37. The number of halogens is 2. The molecule has 0 radical (unpaired) electrons. The fourth-order valence-corrected chi connectivity index (χ4v) is 3.62. The average Bonchev–Trinajstić information content (AvgIpc) is 2.84. The highest BCUT2D eigenvalue weighted by Gasteiger charge is 2.33. The van der Waals surface area contributed by atoms with Crippen LogP contribution in [0.1, 0.15) is 11.1 Å². The van der Waals surface area contributed by atoms with Crippen molar-refractivity contribution in [3.63, 3.8) is 0 Å². The summed E-state index contributed by atoms with van der Waals surface area (Å²) in [6.45, 7) is -0.981. The molecular weight excluding hydrogens is 364 g/mol. The van der Waals surface area contributed by atoms with Crippen molar-refractivity contribution in [2.24, 2.45) is 0 Å². The molecule has 1 heterocycles. The Kier molecular flexibility index (Phi) is 5.15. The number of hydrogen-bond donors (Lipinski definition) is 0. The van der Waals surface area contributed by atoms with Gasteiger partial charge in [0.25, 0.3) is 5.91 Å². The van der Waals surface area contributed by atoms with Gasteiger partial charge in [0, 0.05) is 5.56 Å². The second kappa shape index (κ2) is 7.33. The van der Waals surface area contributed by atoms with Crippen LogP contribution in [0, 0.1) is 6.92 Å². The number of ether oxygens (including phenoxy) is 1. The fourth-order valence-electron chi connectivity index (χ4n) is 2.33. The SMILES string of the molecule is Cc1ccc(N2C(=O)/C(=C\c3ccccc3OC(F)F)SC2=S)cc1. The minimum atomic E-state index is -2.93. The molecule has 1 fully saturated rings. The maximum Gasteiger partial charge on any atom is 0.387 e. The lowest BCUT2D eigenvalue weighted by Crippen LogP contribution is -2.27. The number of amides is 1. The molecule has 0 unspecified atom stereocenters. The van der Waals surface area contributed by atoms with Crippen LogP contribution in [0.2, 0.25) is 0 Å². The van der Waals surface area contributed by atoms with E-state index < -0.39 is 6.61 Å². The number of carbonyl (C=O) groups excluding carboxylic acids is 1. The van der Waals surface area contributed by atoms with E-state index in [4.69, 9.17) is 12.2 Å². The molecule has 2 aromatic rings. The Morgan fingerprint density at radius 2 is 1.84 bits per heavy atom. The predicted molar refractivity (Wildman–Crippen MR) is 99.9 cm³/mol. The van der Waals surface area contributed by atoms with Crippen LogP contribution >= 0.6 is 24.0 Å². The first-order valence-electron chi connectivity index (χ1n) is 7.34. The van der Waals surface area contributed by atoms with Gasteiger partial charge in [-0.05, 0) is 31.2 Å². The smallest absolute Gasteiger partial charge is 0.387 e. The van der Waals surface area contributed by atoms with Crippen LogP contribution in [0.25, 0.3) is 6.08 Å². The lowest BCUT2D eigenvalue weighted by atomic mass is 10.1. The Bertz CT molecular complexity index is 850. The number of alkyl halides is 2. The van der Waals surface area contributed by atoms with Crippen molar-refractivity contribution in [1.29, 1.82) is 0 Å². The van der Waals surface area contributed by atoms with E-state index in [1.807, 2.05) is 31.2 Å². The molecule has 2 aromatic carbocycles. The molecule has 128 valence electrons. The van der Waals surface area contributed by atoms with Crippen molar-refractivity contribution in [2.45, 2.75) is 13.5 Å². The molecule has 0 aliphatic carbocycles. The molecule has 0 saturated carbocycles. The van der Waals surface area contributed by atoms with Gasteiger partial charge in [-0.3, -0.25) is 9.69 Å². The summed E-state index contributed by atoms with van der Waals surface area (Å²) in [5, 5.41) is 0. The first-order valence-corrected chi connectivity index (χ1v) is 8.56. The van der Waals surface area contributed by atoms with E-state index in [-0.39, 0.29) is 11.7 Å². The van der Waals surface area contributed by atoms with Gasteiger partial charge in [-0.25, -0.2) is 0 Å². The van der Waals surface area contributed by atoms with E-state index in [9.17, 15) is 13.6 Å². The number of hydrogen-bond acceptors (Lipinski definition) is 4. The molecule has 7 heteroatoms. The average molecular weight is 377 g/mol. The third-order valence-corrected chi connectivity index (χ3v) is 4.81. The van der Waals surface area contributed by atoms with Crippen molar-refractivity contribution in [2.75, 3.05) is 4.90 Å². The van der Waals surface area contributed by atoms with Crippen LogP contribution in [-0.2, 0) is 4.79 Å². The Morgan fingerprint density at radius 1 is 1.16 bits per heavy atom. The Labute approximate surface area is 153 Å². The van der Waals surface area contributed by atoms with Crippen LogP contribution in [-0.4, -0.2) is 16.8 Å². The van der Waals surface area contributed by atoms with Crippen LogP contribution < -0.4 is 9.64 Å². The number of aryl methyl sites for hydroxylation is 1. The summed E-state index contributed by atoms with van der Waals surface area (Å²) in [4.78, 5) is 14.5. The summed E-state index contributed by atoms with van der Waals surface area (Å²) in [5.41, 5.74) is 2.14. The topological polar surface area (TPSA) is 29.5 Å². The van der Waals surface area contributed by atoms with Gasteiger partial charge in [0.15, 0.2) is 4.32 Å². The normalized spacial score (nSPS) is 16.2. The van der Waals surface area contributed by atoms with E-state index in [2.05, 4.69) is 4.74 Å². The summed E-state index contributed by atoms with van der Waals surface area (Å²) >= 11 is 6.43. The van der Waals surface area contributed by atoms with E-state index in [1.165, 1.54) is 17.0 Å². The maximum absolute atomic E-state index is 12.7. The second-order valence-corrected chi connectivity index (χ2v) is 6.94. The Balaban J connectivity index is 1.92. The van der Waals surface area contributed by atoms with Gasteiger partial charge in [-0.1, -0.05) is 59.9 Å². The minimum absolute atomic E-state index is 0.0121. The standard InChI is InChI=1S/C18H13F2NO2S2/c1-11-6-8-13(9-7-11)21-16(22)15(25-18(21)24)10-12-4-2-3-5-14(12)23-17(19)20/h2-10,17H,1H3/b15-10+. The van der Waals surface area contributed by atoms with Gasteiger partial charge in [0.2, 0.25) is 0 Å². The number of thiocarbonyl (C=S) groups is 1. The van der Waals surface area contributed by atoms with Gasteiger partial charge in [0.05, 0.1) is 10.6 Å². The molecule has 3 rings (SSSR count). The number of benzene rings is 2. The predicted octanol–water partition coefficient (Wildman–Crippen LogP) is 5.00. The Morgan fingerprint density at radius 3 is 2.52 bits per heavy atom. The van der Waals surface area contributed by atoms with E-state index in [0.29, 0.717) is 20.5 Å². The molecule has 0 N–H and O–H groups in total. The monoisotopic (exact) mass is 377 g/mol. The van der Waals surface area contributed by atoms with Gasteiger partial charge in [0.1, 0.15) is 5.75 Å². The fraction of sp³-hybridized carbons (Fsp3) is 0.111.